The highest BCUT2D eigenvalue weighted by Crippen LogP contribution is 2.28. The molecule has 0 radical (unpaired) electrons. The van der Waals surface area contributed by atoms with Crippen molar-refractivity contribution < 1.29 is 9.18 Å². The Labute approximate surface area is 206 Å². The monoisotopic (exact) mass is 481 g/mol. The summed E-state index contributed by atoms with van der Waals surface area (Å²) in [5.74, 6) is 0.726. The Balaban J connectivity index is 1.19. The zero-order valence-corrected chi connectivity index (χ0v) is 19.6. The minimum absolute atomic E-state index is 0.273. The third-order valence-electron chi connectivity index (χ3n) is 6.54. The molecule has 0 spiro atoms. The normalized spacial score (nSPS) is 13.4. The average Bonchev–Trinajstić information content (AvgIpc) is 3.41. The molecule has 180 valence electrons. The van der Waals surface area contributed by atoms with Crippen LogP contribution in [0, 0.1) is 5.82 Å². The van der Waals surface area contributed by atoms with E-state index in [0.717, 1.165) is 54.6 Å². The Morgan fingerprint density at radius 1 is 0.944 bits per heavy atom. The summed E-state index contributed by atoms with van der Waals surface area (Å²) in [7, 11) is 0. The fourth-order valence-electron chi connectivity index (χ4n) is 4.63. The molecule has 5 aromatic rings. The molecular weight excluding hydrogens is 457 g/mol. The Hall–Kier alpha value is -4.40. The smallest absolute Gasteiger partial charge is 0.255 e. The summed E-state index contributed by atoms with van der Waals surface area (Å²) in [6.07, 6.45) is 4.04. The van der Waals surface area contributed by atoms with Gasteiger partial charge in [-0.25, -0.2) is 9.07 Å². The number of aromatic nitrogens is 6. The van der Waals surface area contributed by atoms with Crippen LogP contribution in [0.1, 0.15) is 41.0 Å². The summed E-state index contributed by atoms with van der Waals surface area (Å²) < 4.78 is 18.6. The Kier molecular flexibility index (Phi) is 5.73. The molecule has 0 unspecified atom stereocenters. The van der Waals surface area contributed by atoms with Crippen LogP contribution in [0.4, 0.5) is 10.1 Å². The van der Waals surface area contributed by atoms with Crippen molar-refractivity contribution in [3.05, 3.63) is 89.5 Å². The number of fused-ring (bicyclic) bond motifs is 2. The van der Waals surface area contributed by atoms with Crippen molar-refractivity contribution in [3.63, 3.8) is 0 Å². The first-order chi connectivity index (χ1) is 17.7. The first-order valence-electron chi connectivity index (χ1n) is 12.1. The van der Waals surface area contributed by atoms with E-state index >= 15 is 0 Å². The first kappa shape index (κ1) is 22.1. The van der Waals surface area contributed by atoms with E-state index < -0.39 is 5.82 Å². The molecule has 3 aromatic carbocycles. The molecule has 2 aromatic heterocycles. The molecule has 1 N–H and O–H groups in total. The van der Waals surface area contributed by atoms with Gasteiger partial charge in [0.1, 0.15) is 17.2 Å². The van der Waals surface area contributed by atoms with Gasteiger partial charge in [0.05, 0.1) is 17.6 Å². The fraction of sp³-hybridized carbons (Fsp3) is 0.222. The molecule has 0 bridgehead atoms. The molecular formula is C27H24FN7O. The van der Waals surface area contributed by atoms with Crippen LogP contribution in [-0.4, -0.2) is 35.7 Å². The largest absolute Gasteiger partial charge is 0.322 e. The predicted molar refractivity (Wildman–Crippen MR) is 134 cm³/mol. The van der Waals surface area contributed by atoms with E-state index in [9.17, 15) is 9.18 Å². The van der Waals surface area contributed by atoms with Crippen molar-refractivity contribution in [2.24, 2.45) is 0 Å². The Morgan fingerprint density at radius 2 is 1.81 bits per heavy atom. The molecule has 0 atom stereocenters. The SMILES string of the molecule is O=C(Nc1ccc(F)c(-c2nnc3n2CCCCC3)c1)c1ccc(Cn2nnc3ccccc32)cc1. The number of anilines is 1. The zero-order valence-electron chi connectivity index (χ0n) is 19.6. The molecule has 0 saturated heterocycles. The van der Waals surface area contributed by atoms with Crippen molar-refractivity contribution in [2.75, 3.05) is 5.32 Å². The minimum atomic E-state index is -0.391. The molecule has 8 nitrogen and oxygen atoms in total. The van der Waals surface area contributed by atoms with Crippen LogP contribution < -0.4 is 5.32 Å². The Bertz CT molecular complexity index is 1550. The molecule has 1 amide bonds. The number of carbonyl (C=O) groups excluding carboxylic acids is 1. The summed E-state index contributed by atoms with van der Waals surface area (Å²) in [6.45, 7) is 1.32. The van der Waals surface area contributed by atoms with Crippen molar-refractivity contribution in [3.8, 4) is 11.4 Å². The van der Waals surface area contributed by atoms with Gasteiger partial charge in [-0.1, -0.05) is 35.9 Å². The molecule has 6 rings (SSSR count). The van der Waals surface area contributed by atoms with Crippen LogP contribution >= 0.6 is 0 Å². The van der Waals surface area contributed by atoms with Crippen LogP contribution in [0.25, 0.3) is 22.4 Å². The number of benzene rings is 3. The van der Waals surface area contributed by atoms with E-state index in [4.69, 9.17) is 0 Å². The molecule has 1 aliphatic rings. The highest BCUT2D eigenvalue weighted by atomic mass is 19.1. The predicted octanol–water partition coefficient (Wildman–Crippen LogP) is 4.86. The van der Waals surface area contributed by atoms with Crippen molar-refractivity contribution >= 4 is 22.6 Å². The summed E-state index contributed by atoms with van der Waals surface area (Å²) in [5, 5.41) is 19.8. The molecule has 0 aliphatic carbocycles. The summed E-state index contributed by atoms with van der Waals surface area (Å²) in [4.78, 5) is 12.9. The van der Waals surface area contributed by atoms with E-state index in [0.29, 0.717) is 29.2 Å². The van der Waals surface area contributed by atoms with Crippen molar-refractivity contribution in [1.29, 1.82) is 0 Å². The third kappa shape index (κ3) is 4.24. The number of carbonyl (C=O) groups is 1. The maximum atomic E-state index is 14.8. The molecule has 3 heterocycles. The van der Waals surface area contributed by atoms with E-state index in [-0.39, 0.29) is 5.91 Å². The van der Waals surface area contributed by atoms with Gasteiger partial charge in [-0.15, -0.1) is 15.3 Å². The summed E-state index contributed by atoms with van der Waals surface area (Å²) in [6, 6.07) is 19.7. The zero-order chi connectivity index (χ0) is 24.5. The number of aryl methyl sites for hydroxylation is 1. The van der Waals surface area contributed by atoms with Crippen molar-refractivity contribution in [2.45, 2.75) is 38.8 Å². The maximum Gasteiger partial charge on any atom is 0.255 e. The number of rotatable bonds is 5. The first-order valence-corrected chi connectivity index (χ1v) is 12.1. The number of halogens is 1. The van der Waals surface area contributed by atoms with Crippen LogP contribution in [0.15, 0.2) is 66.7 Å². The Morgan fingerprint density at radius 3 is 2.69 bits per heavy atom. The maximum absolute atomic E-state index is 14.8. The number of amides is 1. The van der Waals surface area contributed by atoms with Gasteiger partial charge < -0.3 is 9.88 Å². The molecule has 36 heavy (non-hydrogen) atoms. The molecule has 0 saturated carbocycles. The quantitative estimate of drug-likeness (QED) is 0.387. The van der Waals surface area contributed by atoms with E-state index in [1.165, 1.54) is 6.07 Å². The van der Waals surface area contributed by atoms with Crippen LogP contribution in [-0.2, 0) is 19.5 Å². The highest BCUT2D eigenvalue weighted by molar-refractivity contribution is 6.04. The number of hydrogen-bond donors (Lipinski definition) is 1. The van der Waals surface area contributed by atoms with Crippen LogP contribution in [0.2, 0.25) is 0 Å². The second-order valence-corrected chi connectivity index (χ2v) is 8.98. The van der Waals surface area contributed by atoms with Gasteiger partial charge >= 0.3 is 0 Å². The van der Waals surface area contributed by atoms with E-state index in [1.807, 2.05) is 45.6 Å². The average molecular weight is 482 g/mol. The standard InChI is InChI=1S/C27H24FN7O/c28-22-14-13-20(16-21(22)26-32-31-25-8-2-1-5-15-34(25)26)29-27(36)19-11-9-18(10-12-19)17-35-24-7-4-3-6-23(24)30-33-35/h3-4,6-7,9-14,16H,1-2,5,8,15,17H2,(H,29,36). The summed E-state index contributed by atoms with van der Waals surface area (Å²) >= 11 is 0. The fourth-order valence-corrected chi connectivity index (χ4v) is 4.63. The number of hydrogen-bond acceptors (Lipinski definition) is 5. The molecule has 0 fully saturated rings. The lowest BCUT2D eigenvalue weighted by Crippen LogP contribution is -2.12. The second kappa shape index (κ2) is 9.33. The number of nitrogens with zero attached hydrogens (tertiary/aromatic N) is 6. The van der Waals surface area contributed by atoms with Gasteiger partial charge in [0.25, 0.3) is 5.91 Å². The van der Waals surface area contributed by atoms with Gasteiger partial charge in [0, 0.05) is 24.2 Å². The van der Waals surface area contributed by atoms with Crippen LogP contribution in [0.5, 0.6) is 0 Å². The van der Waals surface area contributed by atoms with Crippen LogP contribution in [0.3, 0.4) is 0 Å². The molecule has 9 heteroatoms. The highest BCUT2D eigenvalue weighted by Gasteiger charge is 2.19. The lowest BCUT2D eigenvalue weighted by molar-refractivity contribution is 0.102. The van der Waals surface area contributed by atoms with Gasteiger partial charge in [0.2, 0.25) is 0 Å². The third-order valence-corrected chi connectivity index (χ3v) is 6.54. The van der Waals surface area contributed by atoms with Gasteiger partial charge in [0.15, 0.2) is 5.82 Å². The van der Waals surface area contributed by atoms with E-state index in [2.05, 4.69) is 25.8 Å². The van der Waals surface area contributed by atoms with Gasteiger partial charge in [-0.3, -0.25) is 4.79 Å². The van der Waals surface area contributed by atoms with Crippen molar-refractivity contribution in [1.82, 2.24) is 29.8 Å². The van der Waals surface area contributed by atoms with Gasteiger partial charge in [-0.05, 0) is 60.9 Å². The molecule has 1 aliphatic heterocycles. The van der Waals surface area contributed by atoms with E-state index in [1.54, 1.807) is 24.3 Å². The lowest BCUT2D eigenvalue weighted by atomic mass is 10.1. The minimum Gasteiger partial charge on any atom is -0.322 e. The lowest BCUT2D eigenvalue weighted by Gasteiger charge is -2.11. The summed E-state index contributed by atoms with van der Waals surface area (Å²) in [5.41, 5.74) is 4.14. The number of nitrogens with one attached hydrogen (secondary N) is 1. The topological polar surface area (TPSA) is 90.5 Å². The second-order valence-electron chi connectivity index (χ2n) is 8.98. The number of para-hydroxylation sites is 1. The van der Waals surface area contributed by atoms with Gasteiger partial charge in [-0.2, -0.15) is 0 Å².